The molecular formula is C16H16N2O5. The summed E-state index contributed by atoms with van der Waals surface area (Å²) in [5.74, 6) is -0.177. The number of ketones is 1. The number of amides is 1. The molecule has 2 aromatic rings. The third-order valence-electron chi connectivity index (χ3n) is 3.27. The van der Waals surface area contributed by atoms with Crippen LogP contribution in [0.25, 0.3) is 10.8 Å². The SMILES string of the molecule is CCOC(=O)Nc1cc([N+](=O)[O-])c(CC(C)=O)c2ccccc12. The van der Waals surface area contributed by atoms with E-state index < -0.39 is 11.0 Å². The summed E-state index contributed by atoms with van der Waals surface area (Å²) >= 11 is 0. The predicted octanol–water partition coefficient (Wildman–Crippen LogP) is 3.45. The minimum absolute atomic E-state index is 0.0451. The maximum absolute atomic E-state index is 11.6. The van der Waals surface area contributed by atoms with Gasteiger partial charge >= 0.3 is 6.09 Å². The van der Waals surface area contributed by atoms with Crippen LogP contribution in [-0.2, 0) is 16.0 Å². The Morgan fingerprint density at radius 2 is 1.91 bits per heavy atom. The summed E-state index contributed by atoms with van der Waals surface area (Å²) in [6.45, 7) is 3.23. The summed E-state index contributed by atoms with van der Waals surface area (Å²) < 4.78 is 4.82. The first-order valence-electron chi connectivity index (χ1n) is 7.06. The van der Waals surface area contributed by atoms with E-state index in [4.69, 9.17) is 4.74 Å². The summed E-state index contributed by atoms with van der Waals surface area (Å²) in [7, 11) is 0. The number of hydrogen-bond donors (Lipinski definition) is 1. The average Bonchev–Trinajstić information content (AvgIpc) is 2.49. The zero-order chi connectivity index (χ0) is 17.0. The molecule has 0 aliphatic carbocycles. The number of Topliss-reactive ketones (excluding diaryl/α,β-unsaturated/α-hetero) is 1. The molecule has 0 spiro atoms. The first-order valence-corrected chi connectivity index (χ1v) is 7.06. The Kier molecular flexibility index (Phi) is 4.90. The largest absolute Gasteiger partial charge is 0.450 e. The van der Waals surface area contributed by atoms with Crippen molar-refractivity contribution in [3.63, 3.8) is 0 Å². The van der Waals surface area contributed by atoms with Crippen LogP contribution < -0.4 is 5.32 Å². The van der Waals surface area contributed by atoms with Crippen LogP contribution in [0.15, 0.2) is 30.3 Å². The Hall–Kier alpha value is -2.96. The van der Waals surface area contributed by atoms with Crippen LogP contribution in [0.5, 0.6) is 0 Å². The van der Waals surface area contributed by atoms with Gasteiger partial charge in [0.25, 0.3) is 5.69 Å². The minimum atomic E-state index is -0.689. The Morgan fingerprint density at radius 1 is 1.26 bits per heavy atom. The van der Waals surface area contributed by atoms with Crippen molar-refractivity contribution in [3.05, 3.63) is 46.0 Å². The van der Waals surface area contributed by atoms with Gasteiger partial charge in [-0.2, -0.15) is 0 Å². The molecule has 0 unspecified atom stereocenters. The van der Waals surface area contributed by atoms with Crippen LogP contribution in [0.2, 0.25) is 0 Å². The van der Waals surface area contributed by atoms with Crippen molar-refractivity contribution in [2.45, 2.75) is 20.3 Å². The highest BCUT2D eigenvalue weighted by atomic mass is 16.6. The van der Waals surface area contributed by atoms with Crippen LogP contribution in [-0.4, -0.2) is 23.4 Å². The number of carbonyl (C=O) groups is 2. The maximum atomic E-state index is 11.6. The van der Waals surface area contributed by atoms with Gasteiger partial charge in [-0.15, -0.1) is 0 Å². The Labute approximate surface area is 132 Å². The molecule has 0 aliphatic rings. The molecule has 0 atom stereocenters. The summed E-state index contributed by atoms with van der Waals surface area (Å²) in [5.41, 5.74) is 0.413. The molecule has 0 saturated heterocycles. The van der Waals surface area contributed by atoms with E-state index in [1.165, 1.54) is 13.0 Å². The molecular weight excluding hydrogens is 300 g/mol. The first kappa shape index (κ1) is 16.4. The number of nitro groups is 1. The van der Waals surface area contributed by atoms with E-state index in [9.17, 15) is 19.7 Å². The van der Waals surface area contributed by atoms with Gasteiger partial charge in [-0.1, -0.05) is 24.3 Å². The minimum Gasteiger partial charge on any atom is -0.450 e. The van der Waals surface area contributed by atoms with Crippen molar-refractivity contribution < 1.29 is 19.2 Å². The van der Waals surface area contributed by atoms with E-state index >= 15 is 0 Å². The van der Waals surface area contributed by atoms with Crippen LogP contribution in [0.3, 0.4) is 0 Å². The van der Waals surface area contributed by atoms with E-state index in [0.717, 1.165) is 0 Å². The number of nitrogens with zero attached hydrogens (tertiary/aromatic N) is 1. The van der Waals surface area contributed by atoms with Gasteiger partial charge in [0.1, 0.15) is 5.78 Å². The molecule has 0 aromatic heterocycles. The van der Waals surface area contributed by atoms with E-state index in [2.05, 4.69) is 5.32 Å². The number of fused-ring (bicyclic) bond motifs is 1. The zero-order valence-electron chi connectivity index (χ0n) is 12.8. The number of nitrogens with one attached hydrogen (secondary N) is 1. The van der Waals surface area contributed by atoms with Crippen LogP contribution >= 0.6 is 0 Å². The van der Waals surface area contributed by atoms with Gasteiger partial charge in [0.05, 0.1) is 17.2 Å². The topological polar surface area (TPSA) is 98.5 Å². The normalized spacial score (nSPS) is 10.3. The Balaban J connectivity index is 2.67. The number of anilines is 1. The quantitative estimate of drug-likeness (QED) is 0.673. The van der Waals surface area contributed by atoms with Gasteiger partial charge in [-0.05, 0) is 19.2 Å². The second-order valence-electron chi connectivity index (χ2n) is 4.95. The lowest BCUT2D eigenvalue weighted by Gasteiger charge is -2.12. The average molecular weight is 316 g/mol. The molecule has 1 N–H and O–H groups in total. The fraction of sp³-hybridized carbons (Fsp3) is 0.250. The number of hydrogen-bond acceptors (Lipinski definition) is 5. The monoisotopic (exact) mass is 316 g/mol. The lowest BCUT2D eigenvalue weighted by Crippen LogP contribution is -2.14. The molecule has 1 amide bonds. The van der Waals surface area contributed by atoms with Gasteiger partial charge in [-0.3, -0.25) is 20.2 Å². The maximum Gasteiger partial charge on any atom is 0.411 e. The third-order valence-corrected chi connectivity index (χ3v) is 3.27. The van der Waals surface area contributed by atoms with E-state index in [-0.39, 0.29) is 30.2 Å². The summed E-state index contributed by atoms with van der Waals surface area (Å²) in [4.78, 5) is 33.9. The molecule has 0 radical (unpaired) electrons. The van der Waals surface area contributed by atoms with Crippen molar-refractivity contribution in [1.82, 2.24) is 0 Å². The second kappa shape index (κ2) is 6.87. The number of nitro benzene ring substituents is 1. The van der Waals surface area contributed by atoms with Crippen molar-refractivity contribution in [2.24, 2.45) is 0 Å². The predicted molar refractivity (Wildman–Crippen MR) is 85.6 cm³/mol. The highest BCUT2D eigenvalue weighted by Gasteiger charge is 2.22. The number of ether oxygens (including phenoxy) is 1. The zero-order valence-corrected chi connectivity index (χ0v) is 12.8. The molecule has 120 valence electrons. The molecule has 0 aliphatic heterocycles. The van der Waals surface area contributed by atoms with Crippen molar-refractivity contribution in [2.75, 3.05) is 11.9 Å². The molecule has 0 saturated carbocycles. The third kappa shape index (κ3) is 3.63. The lowest BCUT2D eigenvalue weighted by atomic mass is 9.97. The summed E-state index contributed by atoms with van der Waals surface area (Å²) in [6.07, 6.45) is -0.734. The Morgan fingerprint density at radius 3 is 2.48 bits per heavy atom. The van der Waals surface area contributed by atoms with Gasteiger partial charge in [0.2, 0.25) is 0 Å². The molecule has 2 rings (SSSR count). The Bertz CT molecular complexity index is 785. The fourth-order valence-electron chi connectivity index (χ4n) is 2.40. The molecule has 0 heterocycles. The van der Waals surface area contributed by atoms with Gasteiger partial charge < -0.3 is 4.74 Å². The second-order valence-corrected chi connectivity index (χ2v) is 4.95. The molecule has 0 fully saturated rings. The van der Waals surface area contributed by atoms with E-state index in [1.807, 2.05) is 0 Å². The molecule has 7 heteroatoms. The highest BCUT2D eigenvalue weighted by Crippen LogP contribution is 2.34. The number of benzene rings is 2. The molecule has 7 nitrogen and oxygen atoms in total. The van der Waals surface area contributed by atoms with Crippen molar-refractivity contribution >= 4 is 34.0 Å². The lowest BCUT2D eigenvalue weighted by molar-refractivity contribution is -0.385. The smallest absolute Gasteiger partial charge is 0.411 e. The van der Waals surface area contributed by atoms with Crippen molar-refractivity contribution in [1.29, 1.82) is 0 Å². The summed E-state index contributed by atoms with van der Waals surface area (Å²) in [5, 5.41) is 15.0. The van der Waals surface area contributed by atoms with Gasteiger partial charge in [0.15, 0.2) is 0 Å². The molecule has 23 heavy (non-hydrogen) atoms. The van der Waals surface area contributed by atoms with Crippen molar-refractivity contribution in [3.8, 4) is 0 Å². The highest BCUT2D eigenvalue weighted by molar-refractivity contribution is 6.04. The van der Waals surface area contributed by atoms with Gasteiger partial charge in [-0.25, -0.2) is 4.79 Å². The number of carbonyl (C=O) groups excluding carboxylic acids is 2. The first-order chi connectivity index (χ1) is 10.9. The number of rotatable bonds is 5. The van der Waals surface area contributed by atoms with Crippen LogP contribution in [0.1, 0.15) is 19.4 Å². The molecule has 2 aromatic carbocycles. The van der Waals surface area contributed by atoms with E-state index in [1.54, 1.807) is 31.2 Å². The van der Waals surface area contributed by atoms with Crippen LogP contribution in [0.4, 0.5) is 16.2 Å². The van der Waals surface area contributed by atoms with E-state index in [0.29, 0.717) is 16.3 Å². The van der Waals surface area contributed by atoms with Crippen LogP contribution in [0, 0.1) is 10.1 Å². The fourth-order valence-corrected chi connectivity index (χ4v) is 2.40. The summed E-state index contributed by atoms with van der Waals surface area (Å²) in [6, 6.07) is 8.16. The molecule has 0 bridgehead atoms. The standard InChI is InChI=1S/C16H16N2O5/c1-3-23-16(20)17-14-9-15(18(21)22)13(8-10(2)19)11-6-4-5-7-12(11)14/h4-7,9H,3,8H2,1-2H3,(H,17,20). The van der Waals surface area contributed by atoms with Gasteiger partial charge in [0, 0.05) is 23.4 Å².